The van der Waals surface area contributed by atoms with Crippen LogP contribution in [0.25, 0.3) is 0 Å². The van der Waals surface area contributed by atoms with Gasteiger partial charge >= 0.3 is 0 Å². The van der Waals surface area contributed by atoms with Crippen LogP contribution in [0.2, 0.25) is 0 Å². The Hall–Kier alpha value is -1.26. The number of ether oxygens (including phenoxy) is 2. The zero-order valence-corrected chi connectivity index (χ0v) is 7.41. The van der Waals surface area contributed by atoms with Crippen LogP contribution in [0.15, 0.2) is 12.1 Å². The highest BCUT2D eigenvalue weighted by Gasteiger charge is 2.16. The first-order chi connectivity index (χ1) is 6.18. The molecule has 70 valence electrons. The van der Waals surface area contributed by atoms with Crippen molar-refractivity contribution >= 4 is 0 Å². The van der Waals surface area contributed by atoms with Crippen LogP contribution in [-0.2, 0) is 0 Å². The van der Waals surface area contributed by atoms with Gasteiger partial charge in [0.15, 0.2) is 11.5 Å². The number of hydrogen-bond acceptors (Lipinski definition) is 4. The second-order valence-electron chi connectivity index (χ2n) is 3.09. The molecule has 0 saturated carbocycles. The molecule has 0 spiro atoms. The van der Waals surface area contributed by atoms with Crippen molar-refractivity contribution in [2.45, 2.75) is 13.1 Å². The molecule has 1 heterocycles. The van der Waals surface area contributed by atoms with Gasteiger partial charge in [-0.3, -0.25) is 0 Å². The molecule has 13 heavy (non-hydrogen) atoms. The summed E-state index contributed by atoms with van der Waals surface area (Å²) in [5.41, 5.74) is 13.1. The zero-order chi connectivity index (χ0) is 9.42. The van der Waals surface area contributed by atoms with E-state index in [0.717, 1.165) is 22.6 Å². The van der Waals surface area contributed by atoms with E-state index in [4.69, 9.17) is 20.9 Å². The van der Waals surface area contributed by atoms with Gasteiger partial charge in [0.25, 0.3) is 0 Å². The lowest BCUT2D eigenvalue weighted by molar-refractivity contribution is 0.174. The van der Waals surface area contributed by atoms with Crippen molar-refractivity contribution in [2.75, 3.05) is 6.79 Å². The van der Waals surface area contributed by atoms with E-state index in [1.54, 1.807) is 0 Å². The topological polar surface area (TPSA) is 70.5 Å². The zero-order valence-electron chi connectivity index (χ0n) is 7.41. The van der Waals surface area contributed by atoms with Gasteiger partial charge in [-0.2, -0.15) is 0 Å². The lowest BCUT2D eigenvalue weighted by Crippen LogP contribution is -2.20. The molecule has 2 rings (SSSR count). The largest absolute Gasteiger partial charge is 0.454 e. The van der Waals surface area contributed by atoms with Gasteiger partial charge < -0.3 is 20.9 Å². The summed E-state index contributed by atoms with van der Waals surface area (Å²) in [4.78, 5) is 0. The van der Waals surface area contributed by atoms with Crippen molar-refractivity contribution in [3.8, 4) is 11.5 Å². The van der Waals surface area contributed by atoms with E-state index < -0.39 is 6.17 Å². The van der Waals surface area contributed by atoms with Crippen LogP contribution < -0.4 is 20.9 Å². The van der Waals surface area contributed by atoms with E-state index in [-0.39, 0.29) is 6.79 Å². The van der Waals surface area contributed by atoms with Gasteiger partial charge in [0.1, 0.15) is 0 Å². The smallest absolute Gasteiger partial charge is 0.231 e. The van der Waals surface area contributed by atoms with Crippen LogP contribution in [0.5, 0.6) is 11.5 Å². The molecule has 0 aromatic heterocycles. The van der Waals surface area contributed by atoms with Gasteiger partial charge in [-0.25, -0.2) is 0 Å². The van der Waals surface area contributed by atoms with Crippen LogP contribution in [0.3, 0.4) is 0 Å². The van der Waals surface area contributed by atoms with Gasteiger partial charge in [-0.1, -0.05) is 0 Å². The number of rotatable bonds is 1. The quantitative estimate of drug-likeness (QED) is 0.622. The fourth-order valence-electron chi connectivity index (χ4n) is 1.42. The Labute approximate surface area is 76.4 Å². The number of fused-ring (bicyclic) bond motifs is 1. The highest BCUT2D eigenvalue weighted by molar-refractivity contribution is 5.49. The highest BCUT2D eigenvalue weighted by Crippen LogP contribution is 2.35. The van der Waals surface area contributed by atoms with Crippen LogP contribution in [-0.4, -0.2) is 6.79 Å². The molecule has 0 aliphatic carbocycles. The normalized spacial score (nSPS) is 13.8. The van der Waals surface area contributed by atoms with E-state index in [1.807, 2.05) is 19.1 Å². The summed E-state index contributed by atoms with van der Waals surface area (Å²) in [6.45, 7) is 2.22. The van der Waals surface area contributed by atoms with Crippen molar-refractivity contribution in [2.24, 2.45) is 11.5 Å². The Morgan fingerprint density at radius 1 is 1.23 bits per heavy atom. The first kappa shape index (κ1) is 8.34. The molecule has 4 N–H and O–H groups in total. The molecule has 0 fully saturated rings. The molecular formula is C9H12N2O2. The van der Waals surface area contributed by atoms with Crippen molar-refractivity contribution in [1.82, 2.24) is 0 Å². The average Bonchev–Trinajstić information content (AvgIpc) is 2.48. The number of hydrogen-bond donors (Lipinski definition) is 2. The molecule has 1 aromatic rings. The van der Waals surface area contributed by atoms with Crippen molar-refractivity contribution in [3.63, 3.8) is 0 Å². The molecule has 0 amide bonds. The Kier molecular flexibility index (Phi) is 1.86. The molecule has 4 nitrogen and oxygen atoms in total. The summed E-state index contributed by atoms with van der Waals surface area (Å²) in [5, 5.41) is 0. The van der Waals surface area contributed by atoms with Gasteiger partial charge in [0.05, 0.1) is 6.17 Å². The maximum Gasteiger partial charge on any atom is 0.231 e. The van der Waals surface area contributed by atoms with Crippen molar-refractivity contribution in [3.05, 3.63) is 23.3 Å². The van der Waals surface area contributed by atoms with E-state index in [1.165, 1.54) is 0 Å². The van der Waals surface area contributed by atoms with Crippen LogP contribution in [0.4, 0.5) is 0 Å². The maximum atomic E-state index is 5.59. The third-order valence-corrected chi connectivity index (χ3v) is 2.12. The highest BCUT2D eigenvalue weighted by atomic mass is 16.7. The standard InChI is InChI=1S/C9H12N2O2/c1-5-2-7-8(13-4-12-7)3-6(5)9(10)11/h2-3,9H,4,10-11H2,1H3. The number of benzene rings is 1. The van der Waals surface area contributed by atoms with Crippen LogP contribution >= 0.6 is 0 Å². The van der Waals surface area contributed by atoms with E-state index >= 15 is 0 Å². The third kappa shape index (κ3) is 1.34. The van der Waals surface area contributed by atoms with Gasteiger partial charge in [-0.15, -0.1) is 0 Å². The summed E-state index contributed by atoms with van der Waals surface area (Å²) < 4.78 is 10.4. The predicted octanol–water partition coefficient (Wildman–Crippen LogP) is 0.640. The van der Waals surface area contributed by atoms with E-state index in [2.05, 4.69) is 0 Å². The Balaban J connectivity index is 2.49. The number of aryl methyl sites for hydroxylation is 1. The molecule has 1 aromatic carbocycles. The summed E-state index contributed by atoms with van der Waals surface area (Å²) >= 11 is 0. The van der Waals surface area contributed by atoms with Crippen LogP contribution in [0, 0.1) is 6.92 Å². The monoisotopic (exact) mass is 180 g/mol. The fraction of sp³-hybridized carbons (Fsp3) is 0.333. The molecular weight excluding hydrogens is 168 g/mol. The van der Waals surface area contributed by atoms with Gasteiger partial charge in [-0.05, 0) is 30.2 Å². The lowest BCUT2D eigenvalue weighted by Gasteiger charge is -2.10. The maximum absolute atomic E-state index is 5.59. The minimum Gasteiger partial charge on any atom is -0.454 e. The molecule has 4 heteroatoms. The minimum atomic E-state index is -0.463. The molecule has 0 atom stereocenters. The van der Waals surface area contributed by atoms with Gasteiger partial charge in [0.2, 0.25) is 6.79 Å². The predicted molar refractivity (Wildman–Crippen MR) is 48.4 cm³/mol. The minimum absolute atomic E-state index is 0.276. The summed E-state index contributed by atoms with van der Waals surface area (Å²) in [6.07, 6.45) is -0.463. The lowest BCUT2D eigenvalue weighted by atomic mass is 10.1. The molecule has 0 unspecified atom stereocenters. The summed E-state index contributed by atoms with van der Waals surface area (Å²) in [7, 11) is 0. The van der Waals surface area contributed by atoms with E-state index in [9.17, 15) is 0 Å². The van der Waals surface area contributed by atoms with Crippen molar-refractivity contribution in [1.29, 1.82) is 0 Å². The molecule has 0 saturated heterocycles. The summed E-state index contributed by atoms with van der Waals surface area (Å²) in [5.74, 6) is 1.49. The summed E-state index contributed by atoms with van der Waals surface area (Å²) in [6, 6.07) is 3.73. The van der Waals surface area contributed by atoms with Crippen molar-refractivity contribution < 1.29 is 9.47 Å². The molecule has 0 radical (unpaired) electrons. The first-order valence-corrected chi connectivity index (χ1v) is 4.10. The molecule has 1 aliphatic rings. The molecule has 0 bridgehead atoms. The van der Waals surface area contributed by atoms with E-state index in [0.29, 0.717) is 0 Å². The Morgan fingerprint density at radius 3 is 2.46 bits per heavy atom. The van der Waals surface area contributed by atoms with Crippen LogP contribution in [0.1, 0.15) is 17.3 Å². The molecule has 1 aliphatic heterocycles. The second kappa shape index (κ2) is 2.90. The second-order valence-corrected chi connectivity index (χ2v) is 3.09. The first-order valence-electron chi connectivity index (χ1n) is 4.10. The number of nitrogens with two attached hydrogens (primary N) is 2. The SMILES string of the molecule is Cc1cc2c(cc1C(N)N)OCO2. The average molecular weight is 180 g/mol. The Morgan fingerprint density at radius 2 is 1.85 bits per heavy atom. The Bertz CT molecular complexity index is 337. The third-order valence-electron chi connectivity index (χ3n) is 2.12. The van der Waals surface area contributed by atoms with Gasteiger partial charge in [0, 0.05) is 0 Å². The fourth-order valence-corrected chi connectivity index (χ4v) is 1.42.